The number of pyridine rings is 1. The number of primary amides is 1. The molecule has 0 atom stereocenters. The second-order valence-corrected chi connectivity index (χ2v) is 4.47. The summed E-state index contributed by atoms with van der Waals surface area (Å²) in [4.78, 5) is 25.8. The van der Waals surface area contributed by atoms with Crippen molar-refractivity contribution >= 4 is 51.8 Å². The summed E-state index contributed by atoms with van der Waals surface area (Å²) in [5, 5.41) is 12.2. The molecule has 6 nitrogen and oxygen atoms in total. The number of carboxylic acid groups (broad SMARTS) is 1. The van der Waals surface area contributed by atoms with Gasteiger partial charge in [-0.3, -0.25) is 0 Å². The molecule has 98 valence electrons. The first-order valence-electron chi connectivity index (χ1n) is 4.98. The Hall–Kier alpha value is -2.05. The van der Waals surface area contributed by atoms with E-state index in [1.54, 1.807) is 0 Å². The minimum absolute atomic E-state index is 0.163. The first-order chi connectivity index (χ1) is 8.88. The Morgan fingerprint density at radius 3 is 2.53 bits per heavy atom. The monoisotopic (exact) mass is 299 g/mol. The molecular formula is C11H7Cl2N3O3. The normalized spacial score (nSPS) is 10.4. The van der Waals surface area contributed by atoms with Crippen molar-refractivity contribution in [3.05, 3.63) is 33.9 Å². The standard InChI is InChI=1S/C11H7Cl2N3O3/c12-4-1-5(13)9-6(2-4)15-8(10(17)18)3-7(9)16-11(14)19/h1-3H,(H,17,18)(H3,14,15,16,19). The highest BCUT2D eigenvalue weighted by molar-refractivity contribution is 6.39. The van der Waals surface area contributed by atoms with E-state index in [2.05, 4.69) is 10.3 Å². The van der Waals surface area contributed by atoms with E-state index in [1.165, 1.54) is 18.2 Å². The number of carboxylic acids is 1. The molecule has 1 aromatic carbocycles. The number of halogens is 2. The van der Waals surface area contributed by atoms with E-state index in [9.17, 15) is 9.59 Å². The fourth-order valence-electron chi connectivity index (χ4n) is 1.63. The van der Waals surface area contributed by atoms with Gasteiger partial charge in [0.05, 0.1) is 16.2 Å². The molecule has 2 aromatic rings. The zero-order chi connectivity index (χ0) is 14.2. The number of aromatic carboxylic acids is 1. The average Bonchev–Trinajstić information content (AvgIpc) is 2.26. The maximum atomic E-state index is 11.0. The van der Waals surface area contributed by atoms with Crippen molar-refractivity contribution in [3.8, 4) is 0 Å². The number of nitrogens with two attached hydrogens (primary N) is 1. The van der Waals surface area contributed by atoms with Crippen molar-refractivity contribution in [3.63, 3.8) is 0 Å². The quantitative estimate of drug-likeness (QED) is 0.792. The molecule has 8 heteroatoms. The number of benzene rings is 1. The predicted molar refractivity (Wildman–Crippen MR) is 71.9 cm³/mol. The van der Waals surface area contributed by atoms with Gasteiger partial charge in [-0.05, 0) is 18.2 Å². The third kappa shape index (κ3) is 2.69. The van der Waals surface area contributed by atoms with E-state index in [0.29, 0.717) is 10.4 Å². The maximum absolute atomic E-state index is 11.0. The number of amides is 2. The van der Waals surface area contributed by atoms with Crippen LogP contribution in [0.5, 0.6) is 0 Å². The summed E-state index contributed by atoms with van der Waals surface area (Å²) in [5.41, 5.74) is 5.19. The molecule has 19 heavy (non-hydrogen) atoms. The fraction of sp³-hybridized carbons (Fsp3) is 0. The van der Waals surface area contributed by atoms with Crippen LogP contribution in [0.2, 0.25) is 10.0 Å². The summed E-state index contributed by atoms with van der Waals surface area (Å²) in [6.07, 6.45) is 0. The largest absolute Gasteiger partial charge is 0.477 e. The Morgan fingerprint density at radius 2 is 1.95 bits per heavy atom. The summed E-state index contributed by atoms with van der Waals surface area (Å²) in [6.45, 7) is 0. The Labute approximate surface area is 117 Å². The van der Waals surface area contributed by atoms with Crippen molar-refractivity contribution in [1.82, 2.24) is 4.98 Å². The highest BCUT2D eigenvalue weighted by Gasteiger charge is 2.15. The first-order valence-corrected chi connectivity index (χ1v) is 5.73. The van der Waals surface area contributed by atoms with Gasteiger partial charge in [0, 0.05) is 10.4 Å². The number of nitrogens with zero attached hydrogens (tertiary/aromatic N) is 1. The Bertz CT molecular complexity index is 703. The second-order valence-electron chi connectivity index (χ2n) is 3.63. The smallest absolute Gasteiger partial charge is 0.354 e. The lowest BCUT2D eigenvalue weighted by Gasteiger charge is -2.10. The Kier molecular flexibility index (Phi) is 3.46. The van der Waals surface area contributed by atoms with E-state index in [0.717, 1.165) is 0 Å². The molecule has 0 saturated heterocycles. The number of urea groups is 1. The van der Waals surface area contributed by atoms with Gasteiger partial charge in [-0.15, -0.1) is 0 Å². The summed E-state index contributed by atoms with van der Waals surface area (Å²) >= 11 is 11.8. The molecule has 4 N–H and O–H groups in total. The lowest BCUT2D eigenvalue weighted by molar-refractivity contribution is 0.0691. The molecular weight excluding hydrogens is 293 g/mol. The SMILES string of the molecule is NC(=O)Nc1cc(C(=O)O)nc2cc(Cl)cc(Cl)c12. The van der Waals surface area contributed by atoms with Gasteiger partial charge >= 0.3 is 12.0 Å². The van der Waals surface area contributed by atoms with E-state index >= 15 is 0 Å². The van der Waals surface area contributed by atoms with Crippen molar-refractivity contribution in [1.29, 1.82) is 0 Å². The third-order valence-electron chi connectivity index (χ3n) is 2.30. The minimum Gasteiger partial charge on any atom is -0.477 e. The van der Waals surface area contributed by atoms with Crippen LogP contribution in [0.4, 0.5) is 10.5 Å². The van der Waals surface area contributed by atoms with Gasteiger partial charge in [0.1, 0.15) is 0 Å². The molecule has 0 aliphatic carbocycles. The van der Waals surface area contributed by atoms with Gasteiger partial charge in [-0.1, -0.05) is 23.2 Å². The molecule has 2 amide bonds. The Balaban J connectivity index is 2.81. The molecule has 0 unspecified atom stereocenters. The molecule has 0 bridgehead atoms. The molecule has 1 heterocycles. The van der Waals surface area contributed by atoms with Crippen LogP contribution in [0.3, 0.4) is 0 Å². The first kappa shape index (κ1) is 13.4. The number of aromatic nitrogens is 1. The van der Waals surface area contributed by atoms with Crippen molar-refractivity contribution in [2.45, 2.75) is 0 Å². The van der Waals surface area contributed by atoms with E-state index in [4.69, 9.17) is 34.0 Å². The molecule has 0 aliphatic heterocycles. The maximum Gasteiger partial charge on any atom is 0.354 e. The number of hydrogen-bond acceptors (Lipinski definition) is 3. The van der Waals surface area contributed by atoms with Crippen molar-refractivity contribution in [2.75, 3.05) is 5.32 Å². The molecule has 1 aromatic heterocycles. The van der Waals surface area contributed by atoms with Gasteiger partial charge in [0.25, 0.3) is 0 Å². The van der Waals surface area contributed by atoms with Crippen molar-refractivity contribution < 1.29 is 14.7 Å². The van der Waals surface area contributed by atoms with Crippen LogP contribution in [-0.2, 0) is 0 Å². The lowest BCUT2D eigenvalue weighted by atomic mass is 10.1. The van der Waals surface area contributed by atoms with Crippen LogP contribution < -0.4 is 11.1 Å². The van der Waals surface area contributed by atoms with Gasteiger partial charge in [-0.25, -0.2) is 14.6 Å². The van der Waals surface area contributed by atoms with Gasteiger partial charge in [0.2, 0.25) is 0 Å². The fourth-order valence-corrected chi connectivity index (χ4v) is 2.21. The second kappa shape index (κ2) is 4.91. The zero-order valence-corrected chi connectivity index (χ0v) is 10.8. The number of fused-ring (bicyclic) bond motifs is 1. The molecule has 2 rings (SSSR count). The zero-order valence-electron chi connectivity index (χ0n) is 9.28. The van der Waals surface area contributed by atoms with Crippen LogP contribution in [-0.4, -0.2) is 22.1 Å². The summed E-state index contributed by atoms with van der Waals surface area (Å²) in [7, 11) is 0. The highest BCUT2D eigenvalue weighted by atomic mass is 35.5. The summed E-state index contributed by atoms with van der Waals surface area (Å²) in [5.74, 6) is -1.24. The van der Waals surface area contributed by atoms with Crippen LogP contribution >= 0.6 is 23.2 Å². The molecule has 0 aliphatic rings. The van der Waals surface area contributed by atoms with E-state index in [1.807, 2.05) is 0 Å². The topological polar surface area (TPSA) is 105 Å². The van der Waals surface area contributed by atoms with Crippen LogP contribution in [0.25, 0.3) is 10.9 Å². The predicted octanol–water partition coefficient (Wildman–Crippen LogP) is 2.73. The van der Waals surface area contributed by atoms with Crippen molar-refractivity contribution in [2.24, 2.45) is 5.73 Å². The lowest BCUT2D eigenvalue weighted by Crippen LogP contribution is -2.20. The van der Waals surface area contributed by atoms with Gasteiger partial charge in [-0.2, -0.15) is 0 Å². The number of nitrogens with one attached hydrogen (secondary N) is 1. The molecule has 0 saturated carbocycles. The van der Waals surface area contributed by atoms with Crippen LogP contribution in [0.1, 0.15) is 10.5 Å². The Morgan fingerprint density at radius 1 is 1.26 bits per heavy atom. The highest BCUT2D eigenvalue weighted by Crippen LogP contribution is 2.33. The molecule has 0 radical (unpaired) electrons. The number of rotatable bonds is 2. The number of anilines is 1. The van der Waals surface area contributed by atoms with Crippen LogP contribution in [0.15, 0.2) is 18.2 Å². The third-order valence-corrected chi connectivity index (χ3v) is 2.82. The minimum atomic E-state index is -1.24. The average molecular weight is 300 g/mol. The summed E-state index contributed by atoms with van der Waals surface area (Å²) in [6, 6.07) is 3.24. The van der Waals surface area contributed by atoms with Crippen LogP contribution in [0, 0.1) is 0 Å². The van der Waals surface area contributed by atoms with Gasteiger partial charge in [0.15, 0.2) is 5.69 Å². The molecule has 0 spiro atoms. The molecule has 0 fully saturated rings. The number of hydrogen-bond donors (Lipinski definition) is 3. The number of carbonyl (C=O) groups excluding carboxylic acids is 1. The summed E-state index contributed by atoms with van der Waals surface area (Å²) < 4.78 is 0. The van der Waals surface area contributed by atoms with E-state index in [-0.39, 0.29) is 21.9 Å². The van der Waals surface area contributed by atoms with E-state index < -0.39 is 12.0 Å². The number of carbonyl (C=O) groups is 2. The van der Waals surface area contributed by atoms with Gasteiger partial charge < -0.3 is 16.2 Å².